The Kier molecular flexibility index (Phi) is 5.18. The van der Waals surface area contributed by atoms with Crippen molar-refractivity contribution < 1.29 is 4.39 Å². The van der Waals surface area contributed by atoms with Gasteiger partial charge in [-0.3, -0.25) is 9.69 Å². The number of hydrogen-bond acceptors (Lipinski definition) is 6. The van der Waals surface area contributed by atoms with E-state index in [1.807, 2.05) is 23.6 Å². The van der Waals surface area contributed by atoms with Gasteiger partial charge in [-0.15, -0.1) is 0 Å². The zero-order valence-electron chi connectivity index (χ0n) is 15.3. The van der Waals surface area contributed by atoms with Gasteiger partial charge < -0.3 is 9.88 Å². The number of rotatable bonds is 4. The second-order valence-electron chi connectivity index (χ2n) is 6.85. The molecular formula is C18H23FN6O. The molecule has 0 unspecified atom stereocenters. The average Bonchev–Trinajstić information content (AvgIpc) is 2.61. The van der Waals surface area contributed by atoms with Gasteiger partial charge in [-0.25, -0.2) is 14.4 Å². The largest absolute Gasteiger partial charge is 0.353 e. The number of nitrogens with zero attached hydrogens (tertiary/aromatic N) is 5. The fourth-order valence-electron chi connectivity index (χ4n) is 3.38. The summed E-state index contributed by atoms with van der Waals surface area (Å²) in [6, 6.07) is 2.16. The lowest BCUT2D eigenvalue weighted by Crippen LogP contribution is -2.47. The fourth-order valence-corrected chi connectivity index (χ4v) is 3.38. The van der Waals surface area contributed by atoms with Crippen molar-refractivity contribution in [1.29, 1.82) is 5.26 Å². The summed E-state index contributed by atoms with van der Waals surface area (Å²) < 4.78 is 12.6. The van der Waals surface area contributed by atoms with Crippen LogP contribution in [0.5, 0.6) is 0 Å². The van der Waals surface area contributed by atoms with Crippen molar-refractivity contribution >= 4 is 16.7 Å². The lowest BCUT2D eigenvalue weighted by atomic mass is 10.0. The monoisotopic (exact) mass is 358 g/mol. The molecule has 2 aromatic heterocycles. The van der Waals surface area contributed by atoms with Crippen LogP contribution in [-0.4, -0.2) is 59.3 Å². The molecule has 1 aliphatic heterocycles. The highest BCUT2D eigenvalue weighted by Crippen LogP contribution is 2.30. The van der Waals surface area contributed by atoms with Crippen molar-refractivity contribution in [3.8, 4) is 6.07 Å². The topological polar surface area (TPSA) is 88.9 Å². The van der Waals surface area contributed by atoms with Crippen LogP contribution in [0, 0.1) is 18.3 Å². The van der Waals surface area contributed by atoms with E-state index in [-0.39, 0.29) is 23.7 Å². The number of H-pyrrole nitrogens is 1. The highest BCUT2D eigenvalue weighted by molar-refractivity contribution is 5.90. The van der Waals surface area contributed by atoms with Crippen molar-refractivity contribution in [1.82, 2.24) is 19.9 Å². The van der Waals surface area contributed by atoms with Gasteiger partial charge in [0.2, 0.25) is 0 Å². The van der Waals surface area contributed by atoms with Gasteiger partial charge in [0.25, 0.3) is 5.56 Å². The maximum absolute atomic E-state index is 12.6. The molecule has 1 fully saturated rings. The highest BCUT2D eigenvalue weighted by atomic mass is 19.1. The fraction of sp³-hybridized carbons (Fsp3) is 0.556. The van der Waals surface area contributed by atoms with Crippen LogP contribution in [0.15, 0.2) is 4.79 Å². The summed E-state index contributed by atoms with van der Waals surface area (Å²) in [6.07, 6.45) is 0. The van der Waals surface area contributed by atoms with Crippen molar-refractivity contribution in [3.05, 3.63) is 27.4 Å². The number of alkyl halides is 1. The number of hydrogen-bond donors (Lipinski definition) is 1. The second kappa shape index (κ2) is 7.38. The Morgan fingerprint density at radius 1 is 1.27 bits per heavy atom. The van der Waals surface area contributed by atoms with Crippen LogP contribution < -0.4 is 10.5 Å². The van der Waals surface area contributed by atoms with Crippen LogP contribution in [0.3, 0.4) is 0 Å². The summed E-state index contributed by atoms with van der Waals surface area (Å²) in [5, 5.41) is 10.1. The standard InChI is InChI=1S/C18H23FN6O/c1-11(2)15-16-14(18(26)22-12(3)21-16)13(10-20)17(23-15)25-8-6-24(5-4-19)7-9-25/h11H,4-9H2,1-3H3,(H,21,22,26). The van der Waals surface area contributed by atoms with Gasteiger partial charge in [-0.05, 0) is 12.8 Å². The molecule has 138 valence electrons. The minimum absolute atomic E-state index is 0.0607. The van der Waals surface area contributed by atoms with E-state index in [0.717, 1.165) is 5.69 Å². The first-order valence-corrected chi connectivity index (χ1v) is 8.84. The number of aromatic nitrogens is 3. The SMILES string of the molecule is Cc1nc2c(C(C)C)nc(N3CCN(CCF)CC3)c(C#N)c2c(=O)[nH]1. The molecule has 7 nitrogen and oxygen atoms in total. The average molecular weight is 358 g/mol. The summed E-state index contributed by atoms with van der Waals surface area (Å²) in [6.45, 7) is 8.45. The number of halogens is 1. The molecule has 0 amide bonds. The molecule has 26 heavy (non-hydrogen) atoms. The van der Waals surface area contributed by atoms with Gasteiger partial charge in [0.1, 0.15) is 35.5 Å². The second-order valence-corrected chi connectivity index (χ2v) is 6.85. The Morgan fingerprint density at radius 2 is 1.96 bits per heavy atom. The van der Waals surface area contributed by atoms with E-state index in [9.17, 15) is 14.4 Å². The molecule has 0 spiro atoms. The Morgan fingerprint density at radius 3 is 2.54 bits per heavy atom. The zero-order chi connectivity index (χ0) is 18.8. The predicted octanol–water partition coefficient (Wildman–Crippen LogP) is 1.71. The molecule has 2 aromatic rings. The number of anilines is 1. The molecular weight excluding hydrogens is 335 g/mol. The molecule has 0 aromatic carbocycles. The summed E-state index contributed by atoms with van der Waals surface area (Å²) in [5.74, 6) is 1.09. The van der Waals surface area contributed by atoms with Gasteiger partial charge in [0.05, 0.1) is 11.1 Å². The summed E-state index contributed by atoms with van der Waals surface area (Å²) in [4.78, 5) is 28.5. The lowest BCUT2D eigenvalue weighted by Gasteiger charge is -2.35. The van der Waals surface area contributed by atoms with Crippen LogP contribution in [-0.2, 0) is 0 Å². The quantitative estimate of drug-likeness (QED) is 0.895. The summed E-state index contributed by atoms with van der Waals surface area (Å²) in [7, 11) is 0. The third-order valence-electron chi connectivity index (χ3n) is 4.71. The first-order chi connectivity index (χ1) is 12.5. The molecule has 0 radical (unpaired) electrons. The first kappa shape index (κ1) is 18.3. The van der Waals surface area contributed by atoms with E-state index >= 15 is 0 Å². The molecule has 0 atom stereocenters. The highest BCUT2D eigenvalue weighted by Gasteiger charge is 2.25. The number of pyridine rings is 1. The van der Waals surface area contributed by atoms with E-state index in [2.05, 4.69) is 16.0 Å². The van der Waals surface area contributed by atoms with Crippen LogP contribution in [0.2, 0.25) is 0 Å². The molecule has 0 aliphatic carbocycles. The summed E-state index contributed by atoms with van der Waals surface area (Å²) in [5.41, 5.74) is 1.16. The Labute approximate surface area is 151 Å². The van der Waals surface area contributed by atoms with Crippen LogP contribution in [0.25, 0.3) is 10.9 Å². The molecule has 8 heteroatoms. The zero-order valence-corrected chi connectivity index (χ0v) is 15.3. The van der Waals surface area contributed by atoms with Gasteiger partial charge in [-0.1, -0.05) is 13.8 Å². The first-order valence-electron chi connectivity index (χ1n) is 8.84. The molecule has 1 saturated heterocycles. The van der Waals surface area contributed by atoms with E-state index in [1.165, 1.54) is 0 Å². The van der Waals surface area contributed by atoms with Gasteiger partial charge in [0.15, 0.2) is 0 Å². The minimum atomic E-state index is -0.366. The number of fused-ring (bicyclic) bond motifs is 1. The van der Waals surface area contributed by atoms with Crippen molar-refractivity contribution in [2.24, 2.45) is 0 Å². The van der Waals surface area contributed by atoms with E-state index in [1.54, 1.807) is 6.92 Å². The number of aryl methyl sites for hydroxylation is 1. The number of nitrogens with one attached hydrogen (secondary N) is 1. The summed E-state index contributed by atoms with van der Waals surface area (Å²) >= 11 is 0. The number of aromatic amines is 1. The third kappa shape index (κ3) is 3.27. The predicted molar refractivity (Wildman–Crippen MR) is 98.3 cm³/mol. The molecule has 0 saturated carbocycles. The Balaban J connectivity index is 2.15. The van der Waals surface area contributed by atoms with Crippen LogP contribution in [0.1, 0.15) is 36.8 Å². The van der Waals surface area contributed by atoms with E-state index in [4.69, 9.17) is 4.98 Å². The van der Waals surface area contributed by atoms with E-state index < -0.39 is 0 Å². The normalized spacial score (nSPS) is 15.6. The Hall–Kier alpha value is -2.53. The third-order valence-corrected chi connectivity index (χ3v) is 4.71. The lowest BCUT2D eigenvalue weighted by molar-refractivity contribution is 0.235. The number of piperazine rings is 1. The maximum Gasteiger partial charge on any atom is 0.260 e. The van der Waals surface area contributed by atoms with E-state index in [0.29, 0.717) is 55.3 Å². The van der Waals surface area contributed by atoms with Crippen LogP contribution in [0.4, 0.5) is 10.2 Å². The molecule has 1 N–H and O–H groups in total. The molecule has 3 heterocycles. The van der Waals surface area contributed by atoms with Crippen LogP contribution >= 0.6 is 0 Å². The van der Waals surface area contributed by atoms with Crippen molar-refractivity contribution in [3.63, 3.8) is 0 Å². The smallest absolute Gasteiger partial charge is 0.260 e. The molecule has 1 aliphatic rings. The van der Waals surface area contributed by atoms with Gasteiger partial charge >= 0.3 is 0 Å². The molecule has 3 rings (SSSR count). The van der Waals surface area contributed by atoms with Gasteiger partial charge in [-0.2, -0.15) is 5.26 Å². The van der Waals surface area contributed by atoms with Crippen molar-refractivity contribution in [2.75, 3.05) is 44.3 Å². The van der Waals surface area contributed by atoms with Gasteiger partial charge in [0, 0.05) is 32.7 Å². The Bertz CT molecular complexity index is 909. The number of nitriles is 1. The molecule has 0 bridgehead atoms. The van der Waals surface area contributed by atoms with Crippen molar-refractivity contribution in [2.45, 2.75) is 26.7 Å². The minimum Gasteiger partial charge on any atom is -0.353 e. The maximum atomic E-state index is 12.6.